The van der Waals surface area contributed by atoms with E-state index in [1.54, 1.807) is 17.0 Å². The number of nitrogens with zero attached hydrogens (tertiary/aromatic N) is 1. The minimum atomic E-state index is -0.733. The Labute approximate surface area is 218 Å². The largest absolute Gasteiger partial charge is 0.484 e. The van der Waals surface area contributed by atoms with Gasteiger partial charge in [-0.1, -0.05) is 61.4 Å². The molecular formula is C31H35FN2O3. The minimum Gasteiger partial charge on any atom is -0.484 e. The zero-order valence-electron chi connectivity index (χ0n) is 21.6. The molecule has 0 unspecified atom stereocenters. The van der Waals surface area contributed by atoms with Gasteiger partial charge in [0.15, 0.2) is 6.61 Å². The second-order valence-electron chi connectivity index (χ2n) is 9.96. The Balaban J connectivity index is 1.61. The first-order valence-corrected chi connectivity index (χ1v) is 13.0. The smallest absolute Gasteiger partial charge is 0.261 e. The molecule has 1 N–H and O–H groups in total. The van der Waals surface area contributed by atoms with Gasteiger partial charge >= 0.3 is 0 Å². The third kappa shape index (κ3) is 7.66. The normalized spacial score (nSPS) is 14.2. The third-order valence-electron chi connectivity index (χ3n) is 6.80. The summed E-state index contributed by atoms with van der Waals surface area (Å²) in [5.74, 6) is -0.203. The number of benzene rings is 3. The van der Waals surface area contributed by atoms with Crippen LogP contribution in [-0.2, 0) is 22.6 Å². The van der Waals surface area contributed by atoms with Crippen LogP contribution in [0.3, 0.4) is 0 Å². The van der Waals surface area contributed by atoms with Gasteiger partial charge in [-0.05, 0) is 73.2 Å². The van der Waals surface area contributed by atoms with Gasteiger partial charge in [0.1, 0.15) is 17.6 Å². The number of rotatable bonds is 10. The molecule has 1 atom stereocenters. The summed E-state index contributed by atoms with van der Waals surface area (Å²) in [6, 6.07) is 20.9. The van der Waals surface area contributed by atoms with Crippen molar-refractivity contribution in [3.05, 3.63) is 101 Å². The van der Waals surface area contributed by atoms with Crippen molar-refractivity contribution in [1.82, 2.24) is 10.2 Å². The molecule has 0 bridgehead atoms. The summed E-state index contributed by atoms with van der Waals surface area (Å²) in [7, 11) is 0. The average molecular weight is 503 g/mol. The molecule has 3 aromatic carbocycles. The molecule has 0 aliphatic heterocycles. The van der Waals surface area contributed by atoms with Crippen LogP contribution >= 0.6 is 0 Å². The molecule has 194 valence electrons. The molecular weight excluding hydrogens is 467 g/mol. The van der Waals surface area contributed by atoms with E-state index >= 15 is 0 Å². The molecule has 1 fully saturated rings. The van der Waals surface area contributed by atoms with E-state index in [1.807, 2.05) is 62.4 Å². The van der Waals surface area contributed by atoms with Crippen molar-refractivity contribution < 1.29 is 18.7 Å². The second kappa shape index (κ2) is 12.5. The van der Waals surface area contributed by atoms with Gasteiger partial charge in [0, 0.05) is 19.0 Å². The molecule has 0 saturated heterocycles. The van der Waals surface area contributed by atoms with Crippen molar-refractivity contribution in [3.8, 4) is 5.75 Å². The molecule has 1 saturated carbocycles. The standard InChI is InChI=1S/C31H35FN2O3/c1-22-16-23(2)18-28(17-22)37-21-30(35)34(20-25-12-14-26(32)15-13-25)29(19-24-8-4-3-5-9-24)31(36)33-27-10-6-7-11-27/h3-5,8-9,12-18,27,29H,6-7,10-11,19-21H2,1-2H3,(H,33,36)/t29-/m1/s1. The van der Waals surface area contributed by atoms with Gasteiger partial charge in [-0.15, -0.1) is 0 Å². The predicted molar refractivity (Wildman–Crippen MR) is 143 cm³/mol. The SMILES string of the molecule is Cc1cc(C)cc(OCC(=O)N(Cc2ccc(F)cc2)[C@H](Cc2ccccc2)C(=O)NC2CCCC2)c1. The van der Waals surface area contributed by atoms with Crippen LogP contribution in [0.5, 0.6) is 5.75 Å². The summed E-state index contributed by atoms with van der Waals surface area (Å²) in [6.45, 7) is 3.93. The zero-order chi connectivity index (χ0) is 26.2. The van der Waals surface area contributed by atoms with Gasteiger partial charge in [-0.2, -0.15) is 0 Å². The molecule has 2 amide bonds. The monoisotopic (exact) mass is 502 g/mol. The van der Waals surface area contributed by atoms with E-state index in [0.717, 1.165) is 47.9 Å². The predicted octanol–water partition coefficient (Wildman–Crippen LogP) is 5.52. The van der Waals surface area contributed by atoms with Crippen LogP contribution in [0.15, 0.2) is 72.8 Å². The van der Waals surface area contributed by atoms with E-state index in [-0.39, 0.29) is 36.8 Å². The maximum atomic E-state index is 13.7. The van der Waals surface area contributed by atoms with E-state index in [0.29, 0.717) is 12.2 Å². The summed E-state index contributed by atoms with van der Waals surface area (Å²) in [5.41, 5.74) is 3.79. The number of hydrogen-bond donors (Lipinski definition) is 1. The van der Waals surface area contributed by atoms with Crippen molar-refractivity contribution in [1.29, 1.82) is 0 Å². The Kier molecular flexibility index (Phi) is 8.94. The van der Waals surface area contributed by atoms with Crippen molar-refractivity contribution >= 4 is 11.8 Å². The summed E-state index contributed by atoms with van der Waals surface area (Å²) in [5, 5.41) is 3.18. The number of ether oxygens (including phenoxy) is 1. The number of carbonyl (C=O) groups is 2. The lowest BCUT2D eigenvalue weighted by Crippen LogP contribution is -2.53. The first-order valence-electron chi connectivity index (χ1n) is 13.0. The maximum Gasteiger partial charge on any atom is 0.261 e. The fourth-order valence-electron chi connectivity index (χ4n) is 4.95. The molecule has 0 radical (unpaired) electrons. The lowest BCUT2D eigenvalue weighted by Gasteiger charge is -2.32. The quantitative estimate of drug-likeness (QED) is 0.397. The van der Waals surface area contributed by atoms with Crippen LogP contribution in [0.1, 0.15) is 47.9 Å². The third-order valence-corrected chi connectivity index (χ3v) is 6.80. The fourth-order valence-corrected chi connectivity index (χ4v) is 4.95. The zero-order valence-corrected chi connectivity index (χ0v) is 21.6. The Bertz CT molecular complexity index is 1170. The van der Waals surface area contributed by atoms with Crippen LogP contribution in [0.2, 0.25) is 0 Å². The molecule has 5 nitrogen and oxygen atoms in total. The first-order chi connectivity index (χ1) is 17.9. The maximum absolute atomic E-state index is 13.7. The lowest BCUT2D eigenvalue weighted by atomic mass is 10.0. The number of amides is 2. The Morgan fingerprint density at radius 3 is 2.24 bits per heavy atom. The summed E-state index contributed by atoms with van der Waals surface area (Å²) in [4.78, 5) is 28.9. The highest BCUT2D eigenvalue weighted by atomic mass is 19.1. The summed E-state index contributed by atoms with van der Waals surface area (Å²) >= 11 is 0. The molecule has 1 aliphatic rings. The average Bonchev–Trinajstić information content (AvgIpc) is 3.39. The van der Waals surface area contributed by atoms with Crippen molar-refractivity contribution in [3.63, 3.8) is 0 Å². The number of nitrogens with one attached hydrogen (secondary N) is 1. The Morgan fingerprint density at radius 1 is 0.946 bits per heavy atom. The van der Waals surface area contributed by atoms with Gasteiger partial charge in [-0.25, -0.2) is 4.39 Å². The highest BCUT2D eigenvalue weighted by molar-refractivity contribution is 5.88. The fraction of sp³-hybridized carbons (Fsp3) is 0.355. The first kappa shape index (κ1) is 26.4. The van der Waals surface area contributed by atoms with Crippen molar-refractivity contribution in [2.24, 2.45) is 0 Å². The van der Waals surface area contributed by atoms with Gasteiger partial charge in [-0.3, -0.25) is 9.59 Å². The van der Waals surface area contributed by atoms with Crippen LogP contribution in [0, 0.1) is 19.7 Å². The molecule has 0 heterocycles. The van der Waals surface area contributed by atoms with Gasteiger partial charge in [0.25, 0.3) is 5.91 Å². The molecule has 6 heteroatoms. The molecule has 3 aromatic rings. The van der Waals surface area contributed by atoms with Gasteiger partial charge in [0.2, 0.25) is 5.91 Å². The van der Waals surface area contributed by atoms with E-state index < -0.39 is 6.04 Å². The minimum absolute atomic E-state index is 0.125. The lowest BCUT2D eigenvalue weighted by molar-refractivity contribution is -0.143. The summed E-state index contributed by atoms with van der Waals surface area (Å²) in [6.07, 6.45) is 4.46. The number of aryl methyl sites for hydroxylation is 2. The number of hydrogen-bond acceptors (Lipinski definition) is 3. The van der Waals surface area contributed by atoms with E-state index in [9.17, 15) is 14.0 Å². The molecule has 4 rings (SSSR count). The van der Waals surface area contributed by atoms with Crippen LogP contribution in [0.4, 0.5) is 4.39 Å². The molecule has 1 aliphatic carbocycles. The Morgan fingerprint density at radius 2 is 1.59 bits per heavy atom. The van der Waals surface area contributed by atoms with Gasteiger partial charge in [0.05, 0.1) is 0 Å². The summed E-state index contributed by atoms with van der Waals surface area (Å²) < 4.78 is 19.5. The van der Waals surface area contributed by atoms with Gasteiger partial charge < -0.3 is 15.0 Å². The number of halogens is 1. The topological polar surface area (TPSA) is 58.6 Å². The molecule has 0 aromatic heterocycles. The highest BCUT2D eigenvalue weighted by Gasteiger charge is 2.32. The van der Waals surface area contributed by atoms with Crippen molar-refractivity contribution in [2.75, 3.05) is 6.61 Å². The van der Waals surface area contributed by atoms with E-state index in [4.69, 9.17) is 4.74 Å². The second-order valence-corrected chi connectivity index (χ2v) is 9.96. The highest BCUT2D eigenvalue weighted by Crippen LogP contribution is 2.21. The van der Waals surface area contributed by atoms with Crippen LogP contribution in [0.25, 0.3) is 0 Å². The van der Waals surface area contributed by atoms with Crippen LogP contribution in [-0.4, -0.2) is 35.4 Å². The molecule has 0 spiro atoms. The van der Waals surface area contributed by atoms with E-state index in [1.165, 1.54) is 12.1 Å². The Hall–Kier alpha value is -3.67. The van der Waals surface area contributed by atoms with Crippen LogP contribution < -0.4 is 10.1 Å². The van der Waals surface area contributed by atoms with Crippen molar-refractivity contribution in [2.45, 2.75) is 64.6 Å². The number of carbonyl (C=O) groups excluding carboxylic acids is 2. The molecule has 37 heavy (non-hydrogen) atoms. The van der Waals surface area contributed by atoms with E-state index in [2.05, 4.69) is 5.32 Å².